The highest BCUT2D eigenvalue weighted by atomic mass is 32.2. The third-order valence-corrected chi connectivity index (χ3v) is 5.81. The standard InChI is InChI=1S/C16H16N4O4S/c1-2-18(12-14-11-17-16-5-3-4-10-19(14)16)25(23,24)15-8-6-13(7-9-15)20(21)22/h3-11H,2,12H2,1H3. The van der Waals surface area contributed by atoms with Gasteiger partial charge in [-0.2, -0.15) is 4.31 Å². The quantitative estimate of drug-likeness (QED) is 0.497. The second-order valence-corrected chi connectivity index (χ2v) is 7.30. The molecule has 0 aliphatic carbocycles. The number of nitrogens with zero attached hydrogens (tertiary/aromatic N) is 4. The van der Waals surface area contributed by atoms with Gasteiger partial charge in [0.15, 0.2) is 0 Å². The monoisotopic (exact) mass is 360 g/mol. The smallest absolute Gasteiger partial charge is 0.269 e. The molecule has 0 spiro atoms. The molecule has 25 heavy (non-hydrogen) atoms. The number of pyridine rings is 1. The van der Waals surface area contributed by atoms with Crippen molar-refractivity contribution in [3.8, 4) is 0 Å². The molecule has 0 saturated heterocycles. The fraction of sp³-hybridized carbons (Fsp3) is 0.188. The van der Waals surface area contributed by atoms with Gasteiger partial charge in [0.1, 0.15) is 5.65 Å². The number of nitro groups is 1. The van der Waals surface area contributed by atoms with Crippen LogP contribution in [0.3, 0.4) is 0 Å². The molecule has 0 bridgehead atoms. The van der Waals surface area contributed by atoms with Crippen LogP contribution in [0.5, 0.6) is 0 Å². The van der Waals surface area contributed by atoms with Crippen LogP contribution < -0.4 is 0 Å². The van der Waals surface area contributed by atoms with Crippen LogP contribution in [0.25, 0.3) is 5.65 Å². The second kappa shape index (κ2) is 6.61. The van der Waals surface area contributed by atoms with Crippen LogP contribution in [0.1, 0.15) is 12.6 Å². The molecule has 0 N–H and O–H groups in total. The molecule has 3 rings (SSSR count). The second-order valence-electron chi connectivity index (χ2n) is 5.36. The summed E-state index contributed by atoms with van der Waals surface area (Å²) in [6, 6.07) is 10.4. The Morgan fingerprint density at radius 2 is 1.92 bits per heavy atom. The maximum absolute atomic E-state index is 12.8. The normalized spacial score (nSPS) is 11.9. The summed E-state index contributed by atoms with van der Waals surface area (Å²) >= 11 is 0. The van der Waals surface area contributed by atoms with E-state index >= 15 is 0 Å². The first-order chi connectivity index (χ1) is 11.9. The van der Waals surface area contributed by atoms with Crippen LogP contribution in [-0.2, 0) is 16.6 Å². The highest BCUT2D eigenvalue weighted by Crippen LogP contribution is 2.21. The molecule has 1 aromatic carbocycles. The number of nitro benzene ring substituents is 1. The van der Waals surface area contributed by atoms with E-state index in [0.717, 1.165) is 11.3 Å². The molecule has 2 heterocycles. The summed E-state index contributed by atoms with van der Waals surface area (Å²) in [6.45, 7) is 2.16. The highest BCUT2D eigenvalue weighted by Gasteiger charge is 2.25. The fourth-order valence-corrected chi connectivity index (χ4v) is 3.96. The van der Waals surface area contributed by atoms with Crippen molar-refractivity contribution in [1.82, 2.24) is 13.7 Å². The molecule has 3 aromatic rings. The SMILES string of the molecule is CCN(Cc1cnc2ccccn12)S(=O)(=O)c1ccc([N+](=O)[O-])cc1. The molecule has 0 fully saturated rings. The molecule has 0 saturated carbocycles. The Balaban J connectivity index is 1.92. The molecule has 0 atom stereocenters. The zero-order valence-corrected chi connectivity index (χ0v) is 14.3. The van der Waals surface area contributed by atoms with Gasteiger partial charge in [0, 0.05) is 24.9 Å². The van der Waals surface area contributed by atoms with Gasteiger partial charge < -0.3 is 4.40 Å². The van der Waals surface area contributed by atoms with E-state index in [2.05, 4.69) is 4.98 Å². The van der Waals surface area contributed by atoms with E-state index in [9.17, 15) is 18.5 Å². The number of rotatable bonds is 6. The van der Waals surface area contributed by atoms with E-state index < -0.39 is 14.9 Å². The molecular formula is C16H16N4O4S. The van der Waals surface area contributed by atoms with E-state index in [4.69, 9.17) is 0 Å². The van der Waals surface area contributed by atoms with Gasteiger partial charge in [-0.3, -0.25) is 10.1 Å². The van der Waals surface area contributed by atoms with Crippen LogP contribution in [0.15, 0.2) is 59.8 Å². The maximum Gasteiger partial charge on any atom is 0.269 e. The minimum absolute atomic E-state index is 0.0220. The van der Waals surface area contributed by atoms with Crippen molar-refractivity contribution in [2.24, 2.45) is 0 Å². The number of non-ortho nitro benzene ring substituents is 1. The van der Waals surface area contributed by atoms with Crippen LogP contribution in [0, 0.1) is 10.1 Å². The van der Waals surface area contributed by atoms with Crippen LogP contribution >= 0.6 is 0 Å². The van der Waals surface area contributed by atoms with Crippen LogP contribution in [0.2, 0.25) is 0 Å². The Bertz CT molecular complexity index is 1010. The van der Waals surface area contributed by atoms with E-state index in [1.807, 2.05) is 28.8 Å². The van der Waals surface area contributed by atoms with E-state index in [1.165, 1.54) is 28.6 Å². The Labute approximate surface area is 144 Å². The van der Waals surface area contributed by atoms with Gasteiger partial charge in [0.2, 0.25) is 10.0 Å². The van der Waals surface area contributed by atoms with Gasteiger partial charge >= 0.3 is 0 Å². The summed E-state index contributed by atoms with van der Waals surface area (Å²) < 4.78 is 28.8. The topological polar surface area (TPSA) is 97.8 Å². The fourth-order valence-electron chi connectivity index (χ4n) is 2.54. The first kappa shape index (κ1) is 17.1. The van der Waals surface area contributed by atoms with Crippen molar-refractivity contribution in [2.45, 2.75) is 18.4 Å². The Kier molecular flexibility index (Phi) is 4.51. The molecule has 0 aliphatic heterocycles. The van der Waals surface area contributed by atoms with Gasteiger partial charge in [-0.1, -0.05) is 13.0 Å². The summed E-state index contributed by atoms with van der Waals surface area (Å²) in [5.41, 5.74) is 1.33. The Hall–Kier alpha value is -2.78. The average Bonchev–Trinajstić information content (AvgIpc) is 3.02. The minimum atomic E-state index is -3.77. The number of fused-ring (bicyclic) bond motifs is 1. The van der Waals surface area contributed by atoms with Gasteiger partial charge in [-0.05, 0) is 24.3 Å². The Morgan fingerprint density at radius 1 is 1.20 bits per heavy atom. The van der Waals surface area contributed by atoms with E-state index in [0.29, 0.717) is 0 Å². The number of aromatic nitrogens is 2. The first-order valence-electron chi connectivity index (χ1n) is 7.59. The average molecular weight is 360 g/mol. The van der Waals surface area contributed by atoms with E-state index in [1.54, 1.807) is 13.1 Å². The minimum Gasteiger partial charge on any atom is -0.303 e. The predicted molar refractivity (Wildman–Crippen MR) is 91.6 cm³/mol. The van der Waals surface area contributed by atoms with Crippen molar-refractivity contribution in [2.75, 3.05) is 6.54 Å². The predicted octanol–water partition coefficient (Wildman–Crippen LogP) is 2.45. The molecule has 0 radical (unpaired) electrons. The van der Waals surface area contributed by atoms with E-state index in [-0.39, 0.29) is 23.7 Å². The van der Waals surface area contributed by atoms with Gasteiger partial charge in [-0.15, -0.1) is 0 Å². The van der Waals surface area contributed by atoms with Crippen molar-refractivity contribution < 1.29 is 13.3 Å². The van der Waals surface area contributed by atoms with Gasteiger partial charge in [0.25, 0.3) is 5.69 Å². The molecule has 9 heteroatoms. The summed E-state index contributed by atoms with van der Waals surface area (Å²) in [5, 5.41) is 10.7. The third kappa shape index (κ3) is 3.24. The molecule has 2 aromatic heterocycles. The number of sulfonamides is 1. The maximum atomic E-state index is 12.8. The lowest BCUT2D eigenvalue weighted by atomic mass is 10.3. The van der Waals surface area contributed by atoms with Crippen LogP contribution in [-0.4, -0.2) is 33.6 Å². The largest absolute Gasteiger partial charge is 0.303 e. The van der Waals surface area contributed by atoms with Crippen molar-refractivity contribution in [1.29, 1.82) is 0 Å². The highest BCUT2D eigenvalue weighted by molar-refractivity contribution is 7.89. The lowest BCUT2D eigenvalue weighted by Crippen LogP contribution is -2.30. The van der Waals surface area contributed by atoms with Gasteiger partial charge in [-0.25, -0.2) is 13.4 Å². The zero-order valence-electron chi connectivity index (χ0n) is 13.4. The summed E-state index contributed by atoms with van der Waals surface area (Å²) in [7, 11) is -3.77. The number of hydrogen-bond acceptors (Lipinski definition) is 5. The molecule has 0 aliphatic rings. The number of benzene rings is 1. The number of hydrogen-bond donors (Lipinski definition) is 0. The van der Waals surface area contributed by atoms with Gasteiger partial charge in [0.05, 0.1) is 28.3 Å². The summed E-state index contributed by atoms with van der Waals surface area (Å²) in [4.78, 5) is 14.4. The van der Waals surface area contributed by atoms with Crippen molar-refractivity contribution >= 4 is 21.4 Å². The zero-order chi connectivity index (χ0) is 18.0. The molecule has 0 amide bonds. The molecule has 0 unspecified atom stereocenters. The van der Waals surface area contributed by atoms with Crippen molar-refractivity contribution in [3.63, 3.8) is 0 Å². The lowest BCUT2D eigenvalue weighted by Gasteiger charge is -2.20. The third-order valence-electron chi connectivity index (χ3n) is 3.87. The summed E-state index contributed by atoms with van der Waals surface area (Å²) in [5.74, 6) is 0. The first-order valence-corrected chi connectivity index (χ1v) is 9.03. The van der Waals surface area contributed by atoms with Crippen LogP contribution in [0.4, 0.5) is 5.69 Å². The lowest BCUT2D eigenvalue weighted by molar-refractivity contribution is -0.384. The number of imidazole rings is 1. The summed E-state index contributed by atoms with van der Waals surface area (Å²) in [6.07, 6.45) is 3.47. The molecular weight excluding hydrogens is 344 g/mol. The molecule has 8 nitrogen and oxygen atoms in total. The molecule has 130 valence electrons. The van der Waals surface area contributed by atoms with Crippen molar-refractivity contribution in [3.05, 3.63) is 70.7 Å². The Morgan fingerprint density at radius 3 is 2.56 bits per heavy atom.